The van der Waals surface area contributed by atoms with Gasteiger partial charge in [0.15, 0.2) is 5.69 Å². The molecule has 0 radical (unpaired) electrons. The van der Waals surface area contributed by atoms with Gasteiger partial charge in [-0.2, -0.15) is 11.8 Å². The molecule has 0 bridgehead atoms. The molecule has 0 unspecified atom stereocenters. The fraction of sp³-hybridized carbons (Fsp3) is 0.600. The highest BCUT2D eigenvalue weighted by Gasteiger charge is 2.15. The lowest BCUT2D eigenvalue weighted by molar-refractivity contribution is 0.0594. The van der Waals surface area contributed by atoms with Gasteiger partial charge in [-0.05, 0) is 19.1 Å². The van der Waals surface area contributed by atoms with E-state index in [9.17, 15) is 4.79 Å². The Kier molecular flexibility index (Phi) is 5.11. The Hall–Kier alpha value is -0.550. The van der Waals surface area contributed by atoms with E-state index < -0.39 is 0 Å². The lowest BCUT2D eigenvalue weighted by Crippen LogP contribution is -2.03. The maximum atomic E-state index is 11.3. The van der Waals surface area contributed by atoms with E-state index in [1.54, 1.807) is 11.3 Å². The van der Waals surface area contributed by atoms with Crippen LogP contribution in [0.4, 0.5) is 0 Å². The van der Waals surface area contributed by atoms with Crippen molar-refractivity contribution >= 4 is 29.1 Å². The summed E-state index contributed by atoms with van der Waals surface area (Å²) < 4.78 is 4.65. The maximum Gasteiger partial charge on any atom is 0.357 e. The quantitative estimate of drug-likeness (QED) is 0.590. The van der Waals surface area contributed by atoms with Crippen LogP contribution in [0, 0.1) is 6.92 Å². The van der Waals surface area contributed by atoms with E-state index in [4.69, 9.17) is 0 Å². The lowest BCUT2D eigenvalue weighted by Gasteiger charge is -1.95. The summed E-state index contributed by atoms with van der Waals surface area (Å²) in [7, 11) is 1.38. The van der Waals surface area contributed by atoms with Gasteiger partial charge >= 0.3 is 5.97 Å². The van der Waals surface area contributed by atoms with Gasteiger partial charge in [0, 0.05) is 10.6 Å². The number of carbonyl (C=O) groups is 1. The Bertz CT molecular complexity index is 336. The number of aryl methyl sites for hydroxylation is 1. The Morgan fingerprint density at radius 1 is 1.60 bits per heavy atom. The summed E-state index contributed by atoms with van der Waals surface area (Å²) in [6.45, 7) is 4.05. The maximum absolute atomic E-state index is 11.3. The number of hydrogen-bond acceptors (Lipinski definition) is 5. The number of rotatable bonds is 5. The molecule has 84 valence electrons. The minimum atomic E-state index is -0.338. The molecule has 1 aromatic heterocycles. The third kappa shape index (κ3) is 3.50. The molecule has 0 N–H and O–H groups in total. The second-order valence-corrected chi connectivity index (χ2v) is 5.45. The van der Waals surface area contributed by atoms with Gasteiger partial charge in [-0.3, -0.25) is 0 Å². The van der Waals surface area contributed by atoms with Gasteiger partial charge in [0.2, 0.25) is 0 Å². The van der Waals surface area contributed by atoms with Crippen molar-refractivity contribution in [1.29, 1.82) is 0 Å². The monoisotopic (exact) mass is 245 g/mol. The van der Waals surface area contributed by atoms with Gasteiger partial charge in [-0.25, -0.2) is 9.78 Å². The predicted molar refractivity (Wildman–Crippen MR) is 64.6 cm³/mol. The molecule has 1 heterocycles. The van der Waals surface area contributed by atoms with Gasteiger partial charge in [0.25, 0.3) is 0 Å². The molecule has 0 aliphatic rings. The van der Waals surface area contributed by atoms with E-state index >= 15 is 0 Å². The van der Waals surface area contributed by atoms with E-state index in [-0.39, 0.29) is 5.97 Å². The van der Waals surface area contributed by atoms with Gasteiger partial charge in [0.05, 0.1) is 7.11 Å². The molecule has 0 saturated heterocycles. The molecule has 0 aliphatic heterocycles. The number of aromatic nitrogens is 1. The van der Waals surface area contributed by atoms with Crippen molar-refractivity contribution in [2.24, 2.45) is 0 Å². The zero-order valence-electron chi connectivity index (χ0n) is 9.20. The molecule has 0 aromatic carbocycles. The largest absolute Gasteiger partial charge is 0.464 e. The van der Waals surface area contributed by atoms with Crippen LogP contribution in [-0.4, -0.2) is 23.8 Å². The zero-order valence-corrected chi connectivity index (χ0v) is 10.8. The first-order valence-electron chi connectivity index (χ1n) is 4.81. The standard InChI is InChI=1S/C10H15NO2S2/c1-4-5-14-6-8-11-9(7(2)15-8)10(12)13-3/h4-6H2,1-3H3. The van der Waals surface area contributed by atoms with E-state index in [2.05, 4.69) is 16.6 Å². The van der Waals surface area contributed by atoms with Crippen LogP contribution in [-0.2, 0) is 10.5 Å². The highest BCUT2D eigenvalue weighted by molar-refractivity contribution is 7.98. The highest BCUT2D eigenvalue weighted by atomic mass is 32.2. The van der Waals surface area contributed by atoms with Crippen LogP contribution >= 0.6 is 23.1 Å². The van der Waals surface area contributed by atoms with Crippen molar-refractivity contribution in [1.82, 2.24) is 4.98 Å². The van der Waals surface area contributed by atoms with Crippen LogP contribution in [0.2, 0.25) is 0 Å². The summed E-state index contributed by atoms with van der Waals surface area (Å²) in [5.74, 6) is 1.68. The van der Waals surface area contributed by atoms with Crippen molar-refractivity contribution in [3.8, 4) is 0 Å². The molecule has 5 heteroatoms. The first kappa shape index (κ1) is 12.5. The smallest absolute Gasteiger partial charge is 0.357 e. The molecule has 0 saturated carbocycles. The van der Waals surface area contributed by atoms with Crippen LogP contribution in [0.25, 0.3) is 0 Å². The van der Waals surface area contributed by atoms with Crippen LogP contribution in [0.5, 0.6) is 0 Å². The Morgan fingerprint density at radius 3 is 2.93 bits per heavy atom. The Labute approximate surface area is 98.2 Å². The molecule has 3 nitrogen and oxygen atoms in total. The molecule has 1 rings (SSSR count). The minimum absolute atomic E-state index is 0.338. The third-order valence-corrected chi connectivity index (χ3v) is 4.12. The zero-order chi connectivity index (χ0) is 11.3. The molecule has 0 amide bonds. The first-order valence-corrected chi connectivity index (χ1v) is 6.78. The van der Waals surface area contributed by atoms with Crippen molar-refractivity contribution in [2.45, 2.75) is 26.0 Å². The number of esters is 1. The van der Waals surface area contributed by atoms with E-state index in [0.29, 0.717) is 5.69 Å². The fourth-order valence-electron chi connectivity index (χ4n) is 1.10. The number of hydrogen-bond donors (Lipinski definition) is 0. The van der Waals surface area contributed by atoms with Crippen molar-refractivity contribution in [3.63, 3.8) is 0 Å². The first-order chi connectivity index (χ1) is 7.19. The molecular weight excluding hydrogens is 230 g/mol. The summed E-state index contributed by atoms with van der Waals surface area (Å²) >= 11 is 3.42. The summed E-state index contributed by atoms with van der Waals surface area (Å²) in [6.07, 6.45) is 1.17. The third-order valence-electron chi connectivity index (χ3n) is 1.79. The summed E-state index contributed by atoms with van der Waals surface area (Å²) in [5, 5.41) is 1.01. The fourth-order valence-corrected chi connectivity index (χ4v) is 2.98. The van der Waals surface area contributed by atoms with Gasteiger partial charge in [0.1, 0.15) is 5.01 Å². The van der Waals surface area contributed by atoms with Crippen molar-refractivity contribution in [3.05, 3.63) is 15.6 Å². The van der Waals surface area contributed by atoms with Crippen LogP contribution in [0.15, 0.2) is 0 Å². The van der Waals surface area contributed by atoms with Crippen LogP contribution in [0.1, 0.15) is 33.7 Å². The summed E-state index contributed by atoms with van der Waals surface area (Å²) in [6, 6.07) is 0. The van der Waals surface area contributed by atoms with Gasteiger partial charge in [-0.15, -0.1) is 11.3 Å². The number of nitrogens with zero attached hydrogens (tertiary/aromatic N) is 1. The molecule has 0 spiro atoms. The average Bonchev–Trinajstić information content (AvgIpc) is 2.59. The topological polar surface area (TPSA) is 39.2 Å². The molecular formula is C10H15NO2S2. The van der Waals surface area contributed by atoms with Crippen molar-refractivity contribution in [2.75, 3.05) is 12.9 Å². The lowest BCUT2D eigenvalue weighted by atomic mass is 10.4. The van der Waals surface area contributed by atoms with Crippen LogP contribution < -0.4 is 0 Å². The Morgan fingerprint density at radius 2 is 2.33 bits per heavy atom. The summed E-state index contributed by atoms with van der Waals surface area (Å²) in [5.41, 5.74) is 0.467. The van der Waals surface area contributed by atoms with E-state index in [1.807, 2.05) is 18.7 Å². The SMILES string of the molecule is CCCSCc1nc(C(=O)OC)c(C)s1. The summed E-state index contributed by atoms with van der Waals surface area (Å²) in [4.78, 5) is 16.5. The highest BCUT2D eigenvalue weighted by Crippen LogP contribution is 2.22. The normalized spacial score (nSPS) is 10.3. The number of methoxy groups -OCH3 is 1. The minimum Gasteiger partial charge on any atom is -0.464 e. The van der Waals surface area contributed by atoms with Gasteiger partial charge in [-0.1, -0.05) is 6.92 Å². The number of thiazole rings is 1. The average molecular weight is 245 g/mol. The second kappa shape index (κ2) is 6.12. The molecule has 0 fully saturated rings. The number of ether oxygens (including phenoxy) is 1. The van der Waals surface area contributed by atoms with Gasteiger partial charge < -0.3 is 4.74 Å². The van der Waals surface area contributed by atoms with Crippen molar-refractivity contribution < 1.29 is 9.53 Å². The van der Waals surface area contributed by atoms with E-state index in [0.717, 1.165) is 21.4 Å². The predicted octanol–water partition coefficient (Wildman–Crippen LogP) is 2.88. The molecule has 15 heavy (non-hydrogen) atoms. The van der Waals surface area contributed by atoms with Crippen LogP contribution in [0.3, 0.4) is 0 Å². The number of thioether (sulfide) groups is 1. The molecule has 0 aliphatic carbocycles. The number of carbonyl (C=O) groups excluding carboxylic acids is 1. The second-order valence-electron chi connectivity index (χ2n) is 3.06. The Balaban J connectivity index is 2.64. The molecule has 0 atom stereocenters. The molecule has 1 aromatic rings. The van der Waals surface area contributed by atoms with E-state index in [1.165, 1.54) is 13.5 Å².